The first-order chi connectivity index (χ1) is 15.6. The number of carbonyl (C=O) groups is 1. The molecule has 180 valence electrons. The third-order valence-corrected chi connectivity index (χ3v) is 8.32. The van der Waals surface area contributed by atoms with E-state index in [1.807, 2.05) is 13.8 Å². The van der Waals surface area contributed by atoms with Gasteiger partial charge in [-0.05, 0) is 74.9 Å². The Morgan fingerprint density at radius 3 is 2.36 bits per heavy atom. The van der Waals surface area contributed by atoms with E-state index < -0.39 is 15.9 Å². The first-order valence-corrected chi connectivity index (χ1v) is 12.6. The molecule has 0 aliphatic carbocycles. The minimum Gasteiger partial charge on any atom is -0.493 e. The number of benzene rings is 2. The van der Waals surface area contributed by atoms with Gasteiger partial charge in [-0.1, -0.05) is 12.1 Å². The molecule has 1 N–H and O–H groups in total. The molecule has 3 rings (SSSR count). The summed E-state index contributed by atoms with van der Waals surface area (Å²) in [4.78, 5) is 13.2. The van der Waals surface area contributed by atoms with E-state index in [-0.39, 0.29) is 23.4 Å². The van der Waals surface area contributed by atoms with E-state index in [0.717, 1.165) is 11.1 Å². The fourth-order valence-corrected chi connectivity index (χ4v) is 5.90. The van der Waals surface area contributed by atoms with Crippen molar-refractivity contribution in [1.82, 2.24) is 9.62 Å². The molecule has 1 fully saturated rings. The summed E-state index contributed by atoms with van der Waals surface area (Å²) in [5.41, 5.74) is 4.61. The Labute approximate surface area is 197 Å². The number of rotatable bonds is 7. The van der Waals surface area contributed by atoms with Gasteiger partial charge in [0.25, 0.3) is 0 Å². The lowest BCUT2D eigenvalue weighted by molar-refractivity contribution is -0.126. The molecule has 1 heterocycles. The summed E-state index contributed by atoms with van der Waals surface area (Å²) in [6.07, 6.45) is 1.28. The molecule has 0 spiro atoms. The van der Waals surface area contributed by atoms with E-state index in [4.69, 9.17) is 9.47 Å². The van der Waals surface area contributed by atoms with Crippen molar-refractivity contribution in [3.63, 3.8) is 0 Å². The normalized spacial score (nSPS) is 17.9. The molecule has 8 heteroatoms. The molecule has 1 aliphatic rings. The highest BCUT2D eigenvalue weighted by atomic mass is 32.2. The van der Waals surface area contributed by atoms with E-state index >= 15 is 0 Å². The number of amides is 1. The van der Waals surface area contributed by atoms with Gasteiger partial charge in [-0.2, -0.15) is 4.31 Å². The van der Waals surface area contributed by atoms with Crippen molar-refractivity contribution in [2.24, 2.45) is 5.92 Å². The van der Waals surface area contributed by atoms with E-state index in [2.05, 4.69) is 31.3 Å². The monoisotopic (exact) mass is 474 g/mol. The SMILES string of the molecule is COc1ccc(S(=O)(=O)N2CCC[C@@H](C(=O)N[C@@H](C)c3cc(C)c(C)cc3C)C2)cc1OC. The summed E-state index contributed by atoms with van der Waals surface area (Å²) in [5.74, 6) is 0.292. The Bertz CT molecular complexity index is 1130. The first kappa shape index (κ1) is 25.1. The van der Waals surface area contributed by atoms with Crippen LogP contribution in [0.5, 0.6) is 11.5 Å². The minimum atomic E-state index is -3.77. The van der Waals surface area contributed by atoms with Gasteiger partial charge in [0.2, 0.25) is 15.9 Å². The van der Waals surface area contributed by atoms with Crippen LogP contribution >= 0.6 is 0 Å². The smallest absolute Gasteiger partial charge is 0.243 e. The standard InChI is InChI=1S/C25H34N2O5S/c1-16-12-18(3)22(13-17(16)2)19(4)26-25(28)20-8-7-11-27(15-20)33(29,30)21-9-10-23(31-5)24(14-21)32-6/h9-10,12-14,19-20H,7-8,11,15H2,1-6H3,(H,26,28)/t19-,20+/m0/s1. The van der Waals surface area contributed by atoms with E-state index in [1.54, 1.807) is 6.07 Å². The molecule has 7 nitrogen and oxygen atoms in total. The fraction of sp³-hybridized carbons (Fsp3) is 0.480. The van der Waals surface area contributed by atoms with Crippen LogP contribution in [-0.2, 0) is 14.8 Å². The quantitative estimate of drug-likeness (QED) is 0.658. The van der Waals surface area contributed by atoms with Crippen LogP contribution in [0.3, 0.4) is 0 Å². The van der Waals surface area contributed by atoms with Gasteiger partial charge in [0.05, 0.1) is 31.1 Å². The summed E-state index contributed by atoms with van der Waals surface area (Å²) in [6.45, 7) is 8.68. The molecule has 0 saturated carbocycles. The molecule has 2 aromatic rings. The van der Waals surface area contributed by atoms with Gasteiger partial charge in [0, 0.05) is 19.2 Å². The van der Waals surface area contributed by atoms with Gasteiger partial charge in [0.1, 0.15) is 0 Å². The zero-order valence-corrected chi connectivity index (χ0v) is 21.1. The second-order valence-electron chi connectivity index (χ2n) is 8.74. The van der Waals surface area contributed by atoms with Crippen molar-refractivity contribution >= 4 is 15.9 Å². The number of piperidine rings is 1. The van der Waals surface area contributed by atoms with E-state index in [1.165, 1.54) is 41.8 Å². The summed E-state index contributed by atoms with van der Waals surface area (Å²) in [5, 5.41) is 3.10. The molecule has 0 bridgehead atoms. The highest BCUT2D eigenvalue weighted by Gasteiger charge is 2.34. The Morgan fingerprint density at radius 2 is 1.70 bits per heavy atom. The van der Waals surface area contributed by atoms with E-state index in [0.29, 0.717) is 30.9 Å². The number of methoxy groups -OCH3 is 2. The van der Waals surface area contributed by atoms with Gasteiger partial charge in [-0.25, -0.2) is 8.42 Å². The van der Waals surface area contributed by atoms with E-state index in [9.17, 15) is 13.2 Å². The maximum atomic E-state index is 13.3. The molecule has 0 unspecified atom stereocenters. The summed E-state index contributed by atoms with van der Waals surface area (Å²) in [6, 6.07) is 8.63. The van der Waals surface area contributed by atoms with Crippen molar-refractivity contribution in [2.45, 2.75) is 51.5 Å². The van der Waals surface area contributed by atoms with Crippen LogP contribution in [-0.4, -0.2) is 45.9 Å². The lowest BCUT2D eigenvalue weighted by atomic mass is 9.95. The number of nitrogens with zero attached hydrogens (tertiary/aromatic N) is 1. The van der Waals surface area contributed by atoms with Crippen molar-refractivity contribution in [3.8, 4) is 11.5 Å². The lowest BCUT2D eigenvalue weighted by Gasteiger charge is -2.32. The summed E-state index contributed by atoms with van der Waals surface area (Å²) < 4.78 is 38.4. The zero-order valence-electron chi connectivity index (χ0n) is 20.3. The van der Waals surface area contributed by atoms with Gasteiger partial charge >= 0.3 is 0 Å². The van der Waals surface area contributed by atoms with Crippen LogP contribution in [0.25, 0.3) is 0 Å². The first-order valence-electron chi connectivity index (χ1n) is 11.2. The molecular formula is C25H34N2O5S. The Balaban J connectivity index is 1.74. The second kappa shape index (κ2) is 10.1. The number of hydrogen-bond donors (Lipinski definition) is 1. The molecule has 2 atom stereocenters. The third kappa shape index (κ3) is 5.33. The van der Waals surface area contributed by atoms with Crippen LogP contribution in [0, 0.1) is 26.7 Å². The number of carbonyl (C=O) groups excluding carboxylic acids is 1. The zero-order chi connectivity index (χ0) is 24.3. The lowest BCUT2D eigenvalue weighted by Crippen LogP contribution is -2.45. The predicted molar refractivity (Wildman–Crippen MR) is 128 cm³/mol. The summed E-state index contributed by atoms with van der Waals surface area (Å²) in [7, 11) is -0.800. The fourth-order valence-electron chi connectivity index (χ4n) is 4.36. The van der Waals surface area contributed by atoms with Crippen molar-refractivity contribution in [2.75, 3.05) is 27.3 Å². The Morgan fingerprint density at radius 1 is 1.03 bits per heavy atom. The maximum Gasteiger partial charge on any atom is 0.243 e. The largest absolute Gasteiger partial charge is 0.493 e. The molecule has 1 amide bonds. The minimum absolute atomic E-state index is 0.118. The predicted octanol–water partition coefficient (Wildman–Crippen LogP) is 3.91. The molecule has 0 aromatic heterocycles. The van der Waals surface area contributed by atoms with Crippen LogP contribution in [0.4, 0.5) is 0 Å². The molecule has 2 aromatic carbocycles. The molecule has 33 heavy (non-hydrogen) atoms. The second-order valence-corrected chi connectivity index (χ2v) is 10.7. The Hall–Kier alpha value is -2.58. The number of aryl methyl sites for hydroxylation is 3. The third-order valence-electron chi connectivity index (χ3n) is 6.46. The van der Waals surface area contributed by atoms with Gasteiger partial charge < -0.3 is 14.8 Å². The van der Waals surface area contributed by atoms with Crippen LogP contribution in [0.2, 0.25) is 0 Å². The van der Waals surface area contributed by atoms with Crippen LogP contribution < -0.4 is 14.8 Å². The highest BCUT2D eigenvalue weighted by molar-refractivity contribution is 7.89. The van der Waals surface area contributed by atoms with Crippen molar-refractivity contribution < 1.29 is 22.7 Å². The molecule has 0 radical (unpaired) electrons. The highest BCUT2D eigenvalue weighted by Crippen LogP contribution is 2.32. The Kier molecular flexibility index (Phi) is 7.69. The molecule has 1 aliphatic heterocycles. The molecule has 1 saturated heterocycles. The average molecular weight is 475 g/mol. The average Bonchev–Trinajstić information content (AvgIpc) is 2.80. The van der Waals surface area contributed by atoms with Crippen LogP contribution in [0.1, 0.15) is 48.1 Å². The topological polar surface area (TPSA) is 84.9 Å². The number of nitrogens with one attached hydrogen (secondary N) is 1. The number of hydrogen-bond acceptors (Lipinski definition) is 5. The summed E-state index contributed by atoms with van der Waals surface area (Å²) >= 11 is 0. The number of sulfonamides is 1. The van der Waals surface area contributed by atoms with Gasteiger partial charge in [-0.15, -0.1) is 0 Å². The van der Waals surface area contributed by atoms with Gasteiger partial charge in [0.15, 0.2) is 11.5 Å². The molecular weight excluding hydrogens is 440 g/mol. The van der Waals surface area contributed by atoms with Crippen molar-refractivity contribution in [1.29, 1.82) is 0 Å². The number of ether oxygens (including phenoxy) is 2. The van der Waals surface area contributed by atoms with Crippen LogP contribution in [0.15, 0.2) is 35.2 Å². The van der Waals surface area contributed by atoms with Crippen molar-refractivity contribution in [3.05, 3.63) is 52.6 Å². The maximum absolute atomic E-state index is 13.3. The van der Waals surface area contributed by atoms with Gasteiger partial charge in [-0.3, -0.25) is 4.79 Å².